The van der Waals surface area contributed by atoms with Crippen LogP contribution in [0.1, 0.15) is 42.9 Å². The molecule has 2 aromatic carbocycles. The molecule has 2 aliphatic heterocycles. The Bertz CT molecular complexity index is 1090. The van der Waals surface area contributed by atoms with Crippen molar-refractivity contribution in [3.05, 3.63) is 82.3 Å². The van der Waals surface area contributed by atoms with Crippen molar-refractivity contribution in [2.45, 2.75) is 31.8 Å². The van der Waals surface area contributed by atoms with Gasteiger partial charge in [-0.2, -0.15) is 0 Å². The number of ether oxygens (including phenoxy) is 1. The first-order chi connectivity index (χ1) is 15.5. The summed E-state index contributed by atoms with van der Waals surface area (Å²) in [4.78, 5) is 25.9. The number of unbranched alkanes of at least 4 members (excludes halogenated alkanes) is 2. The Balaban J connectivity index is 1.54. The Kier molecular flexibility index (Phi) is 7.07. The fourth-order valence-corrected chi connectivity index (χ4v) is 5.04. The average molecular weight is 466 g/mol. The van der Waals surface area contributed by atoms with Gasteiger partial charge in [0.05, 0.1) is 4.91 Å². The van der Waals surface area contributed by atoms with E-state index in [1.807, 2.05) is 60.7 Å². The minimum Gasteiger partial charge on any atom is -0.481 e. The lowest BCUT2D eigenvalue weighted by Crippen LogP contribution is -2.29. The average Bonchev–Trinajstić information content (AvgIpc) is 3.06. The van der Waals surface area contributed by atoms with Crippen LogP contribution in [0.15, 0.2) is 71.2 Å². The minimum absolute atomic E-state index is 0.107. The zero-order valence-corrected chi connectivity index (χ0v) is 19.0. The van der Waals surface area contributed by atoms with Crippen LogP contribution in [0.5, 0.6) is 5.75 Å². The highest BCUT2D eigenvalue weighted by molar-refractivity contribution is 8.26. The number of nitrogens with zero attached hydrogens (tertiary/aromatic N) is 1. The first-order valence-corrected chi connectivity index (χ1v) is 11.7. The van der Waals surface area contributed by atoms with Crippen molar-refractivity contribution in [3.8, 4) is 5.75 Å². The first-order valence-electron chi connectivity index (χ1n) is 10.5. The van der Waals surface area contributed by atoms with Crippen LogP contribution < -0.4 is 4.74 Å². The summed E-state index contributed by atoms with van der Waals surface area (Å²) in [6, 6.07) is 17.8. The summed E-state index contributed by atoms with van der Waals surface area (Å²) in [6.45, 7) is 0.502. The number of rotatable bonds is 8. The molecular formula is C25H23NO4S2. The molecule has 1 fully saturated rings. The molecule has 0 bridgehead atoms. The number of carbonyl (C=O) groups is 2. The molecule has 0 aliphatic carbocycles. The molecule has 7 heteroatoms. The monoisotopic (exact) mass is 465 g/mol. The molecule has 2 aliphatic rings. The highest BCUT2D eigenvalue weighted by atomic mass is 32.2. The maximum Gasteiger partial charge on any atom is 0.303 e. The lowest BCUT2D eigenvalue weighted by molar-refractivity contribution is -0.137. The smallest absolute Gasteiger partial charge is 0.303 e. The first kappa shape index (κ1) is 22.3. The molecule has 1 saturated heterocycles. The molecule has 1 atom stereocenters. The second-order valence-corrected chi connectivity index (χ2v) is 9.30. The number of hydrogen-bond acceptors (Lipinski definition) is 5. The quantitative estimate of drug-likeness (QED) is 0.311. The summed E-state index contributed by atoms with van der Waals surface area (Å²) in [5.41, 5.74) is 2.88. The Labute approximate surface area is 196 Å². The fraction of sp³-hybridized carbons (Fsp3) is 0.240. The molecule has 0 radical (unpaired) electrons. The van der Waals surface area contributed by atoms with Gasteiger partial charge in [0.15, 0.2) is 0 Å². The second-order valence-electron chi connectivity index (χ2n) is 7.63. The van der Waals surface area contributed by atoms with Crippen LogP contribution in [0.4, 0.5) is 0 Å². The molecule has 5 nitrogen and oxygen atoms in total. The van der Waals surface area contributed by atoms with Gasteiger partial charge in [0.25, 0.3) is 5.91 Å². The molecule has 1 N–H and O–H groups in total. The molecule has 32 heavy (non-hydrogen) atoms. The number of fused-ring (bicyclic) bond motifs is 1. The van der Waals surface area contributed by atoms with E-state index in [1.165, 1.54) is 11.8 Å². The van der Waals surface area contributed by atoms with E-state index in [0.29, 0.717) is 22.2 Å². The van der Waals surface area contributed by atoms with Gasteiger partial charge in [-0.15, -0.1) is 0 Å². The van der Waals surface area contributed by atoms with Gasteiger partial charge < -0.3 is 9.84 Å². The number of carboxylic acids is 1. The number of thioether (sulfide) groups is 1. The number of thiocarbonyl (C=S) groups is 1. The minimum atomic E-state index is -0.795. The third-order valence-electron chi connectivity index (χ3n) is 5.33. The Morgan fingerprint density at radius 1 is 1.09 bits per heavy atom. The van der Waals surface area contributed by atoms with Crippen LogP contribution in [0.25, 0.3) is 6.08 Å². The summed E-state index contributed by atoms with van der Waals surface area (Å²) in [6.07, 6.45) is 5.85. The number of carboxylic acid groups (broad SMARTS) is 1. The highest BCUT2D eigenvalue weighted by Crippen LogP contribution is 2.40. The van der Waals surface area contributed by atoms with Gasteiger partial charge in [-0.25, -0.2) is 0 Å². The lowest BCUT2D eigenvalue weighted by atomic mass is 9.95. The van der Waals surface area contributed by atoms with Crippen LogP contribution in [-0.2, 0) is 9.59 Å². The van der Waals surface area contributed by atoms with Crippen LogP contribution in [0, 0.1) is 0 Å². The second kappa shape index (κ2) is 10.1. The van der Waals surface area contributed by atoms with E-state index in [1.54, 1.807) is 4.90 Å². The van der Waals surface area contributed by atoms with Crippen molar-refractivity contribution in [2.24, 2.45) is 0 Å². The van der Waals surface area contributed by atoms with Crippen molar-refractivity contribution in [1.29, 1.82) is 0 Å². The predicted molar refractivity (Wildman–Crippen MR) is 130 cm³/mol. The van der Waals surface area contributed by atoms with Gasteiger partial charge >= 0.3 is 5.97 Å². The molecule has 0 aromatic heterocycles. The van der Waals surface area contributed by atoms with E-state index in [2.05, 4.69) is 6.08 Å². The molecule has 1 unspecified atom stereocenters. The molecule has 0 spiro atoms. The number of benzene rings is 2. The van der Waals surface area contributed by atoms with E-state index in [0.717, 1.165) is 35.3 Å². The summed E-state index contributed by atoms with van der Waals surface area (Å²) in [5.74, 6) is -0.0896. The van der Waals surface area contributed by atoms with E-state index in [4.69, 9.17) is 22.1 Å². The molecule has 2 aromatic rings. The number of carbonyl (C=O) groups excluding carboxylic acids is 1. The van der Waals surface area contributed by atoms with E-state index < -0.39 is 5.97 Å². The predicted octanol–water partition coefficient (Wildman–Crippen LogP) is 5.59. The number of amides is 1. The van der Waals surface area contributed by atoms with Gasteiger partial charge in [-0.05, 0) is 42.2 Å². The largest absolute Gasteiger partial charge is 0.481 e. The fourth-order valence-electron chi connectivity index (χ4n) is 3.73. The Morgan fingerprint density at radius 2 is 1.84 bits per heavy atom. The summed E-state index contributed by atoms with van der Waals surface area (Å²) in [5, 5.41) is 8.75. The van der Waals surface area contributed by atoms with E-state index in [-0.39, 0.29) is 18.4 Å². The number of aliphatic carboxylic acids is 1. The third-order valence-corrected chi connectivity index (χ3v) is 6.71. The van der Waals surface area contributed by atoms with Crippen molar-refractivity contribution >= 4 is 46.3 Å². The van der Waals surface area contributed by atoms with E-state index >= 15 is 0 Å². The van der Waals surface area contributed by atoms with Gasteiger partial charge in [0.2, 0.25) is 0 Å². The van der Waals surface area contributed by atoms with Gasteiger partial charge in [-0.1, -0.05) is 78.9 Å². The van der Waals surface area contributed by atoms with Crippen LogP contribution in [-0.4, -0.2) is 32.7 Å². The van der Waals surface area contributed by atoms with Crippen LogP contribution >= 0.6 is 24.0 Å². The Morgan fingerprint density at radius 3 is 2.62 bits per heavy atom. The molecule has 4 rings (SSSR count). The van der Waals surface area contributed by atoms with Crippen LogP contribution in [0.3, 0.4) is 0 Å². The van der Waals surface area contributed by atoms with Gasteiger partial charge in [0.1, 0.15) is 16.2 Å². The summed E-state index contributed by atoms with van der Waals surface area (Å²) in [7, 11) is 0. The van der Waals surface area contributed by atoms with Crippen LogP contribution in [0.2, 0.25) is 0 Å². The molecule has 1 amide bonds. The van der Waals surface area contributed by atoms with Crippen molar-refractivity contribution in [2.75, 3.05) is 6.54 Å². The SMILES string of the molecule is O=C(O)CCCCCN1C(=O)/C(=C/C2=Cc3ccccc3OC2c2ccccc2)SC1=S. The van der Waals surface area contributed by atoms with Crippen molar-refractivity contribution in [1.82, 2.24) is 4.90 Å². The van der Waals surface area contributed by atoms with E-state index in [9.17, 15) is 9.59 Å². The lowest BCUT2D eigenvalue weighted by Gasteiger charge is -2.26. The summed E-state index contributed by atoms with van der Waals surface area (Å²) >= 11 is 6.75. The maximum atomic E-state index is 13.0. The van der Waals surface area contributed by atoms with Crippen molar-refractivity contribution < 1.29 is 19.4 Å². The van der Waals surface area contributed by atoms with Gasteiger partial charge in [0, 0.05) is 18.5 Å². The van der Waals surface area contributed by atoms with Gasteiger partial charge in [-0.3, -0.25) is 14.5 Å². The Hall–Kier alpha value is -2.90. The topological polar surface area (TPSA) is 66.8 Å². The molecule has 2 heterocycles. The molecular weight excluding hydrogens is 442 g/mol. The highest BCUT2D eigenvalue weighted by Gasteiger charge is 2.33. The molecule has 164 valence electrons. The normalized spacial score (nSPS) is 19.0. The standard InChI is InChI=1S/C25H23NO4S2/c27-22(28)13-5-2-8-14-26-24(29)21(32-25(26)31)16-19-15-18-11-6-7-12-20(18)30-23(19)17-9-3-1-4-10-17/h1,3-4,6-7,9-12,15-16,23H,2,5,8,13-14H2,(H,27,28)/b21-16-. The summed E-state index contributed by atoms with van der Waals surface area (Å²) < 4.78 is 6.85. The zero-order chi connectivity index (χ0) is 22.5. The maximum absolute atomic E-state index is 13.0. The number of hydrogen-bond donors (Lipinski definition) is 1. The molecule has 0 saturated carbocycles. The van der Waals surface area contributed by atoms with Crippen molar-refractivity contribution in [3.63, 3.8) is 0 Å². The third kappa shape index (κ3) is 5.11. The zero-order valence-electron chi connectivity index (χ0n) is 17.4. The number of para-hydroxylation sites is 1.